The number of thioether (sulfide) groups is 1. The minimum Gasteiger partial charge on any atom is -0.386 e. The van der Waals surface area contributed by atoms with Gasteiger partial charge in [-0.1, -0.05) is 6.07 Å². The summed E-state index contributed by atoms with van der Waals surface area (Å²) in [5.41, 5.74) is 0. The lowest BCUT2D eigenvalue weighted by molar-refractivity contribution is 0.176. The van der Waals surface area contributed by atoms with Crippen LogP contribution in [0.2, 0.25) is 0 Å². The standard InChI is InChI=1S/C9H13NOS2/c11-9(7-2-1-4-12-7)8-6-10-3-5-13-8/h1-2,4,8-11H,3,5-6H2. The van der Waals surface area contributed by atoms with Crippen molar-refractivity contribution < 1.29 is 5.11 Å². The lowest BCUT2D eigenvalue weighted by atomic mass is 10.2. The van der Waals surface area contributed by atoms with Crippen LogP contribution in [0.3, 0.4) is 0 Å². The van der Waals surface area contributed by atoms with Crippen molar-refractivity contribution in [3.05, 3.63) is 22.4 Å². The van der Waals surface area contributed by atoms with E-state index < -0.39 is 0 Å². The van der Waals surface area contributed by atoms with Crippen molar-refractivity contribution in [2.45, 2.75) is 11.4 Å². The first-order chi connectivity index (χ1) is 6.38. The van der Waals surface area contributed by atoms with Gasteiger partial charge in [0.1, 0.15) is 6.10 Å². The fourth-order valence-corrected chi connectivity index (χ4v) is 3.42. The number of aliphatic hydroxyl groups is 1. The Hall–Kier alpha value is -0.0300. The van der Waals surface area contributed by atoms with Gasteiger partial charge in [0.15, 0.2) is 0 Å². The Balaban J connectivity index is 1.99. The highest BCUT2D eigenvalue weighted by molar-refractivity contribution is 8.00. The lowest BCUT2D eigenvalue weighted by Gasteiger charge is -2.26. The molecule has 0 spiro atoms. The van der Waals surface area contributed by atoms with Gasteiger partial charge in [0.2, 0.25) is 0 Å². The van der Waals surface area contributed by atoms with E-state index >= 15 is 0 Å². The molecule has 1 aromatic heterocycles. The summed E-state index contributed by atoms with van der Waals surface area (Å²) >= 11 is 3.50. The maximum Gasteiger partial charge on any atom is 0.101 e. The predicted molar refractivity (Wildman–Crippen MR) is 58.4 cm³/mol. The molecule has 72 valence electrons. The largest absolute Gasteiger partial charge is 0.386 e. The summed E-state index contributed by atoms with van der Waals surface area (Å²) in [4.78, 5) is 1.08. The van der Waals surface area contributed by atoms with Crippen molar-refractivity contribution in [2.24, 2.45) is 0 Å². The Bertz CT molecular complexity index is 244. The molecule has 2 atom stereocenters. The molecule has 2 heterocycles. The summed E-state index contributed by atoms with van der Waals surface area (Å²) in [5, 5.41) is 15.6. The van der Waals surface area contributed by atoms with Crippen LogP contribution in [0.25, 0.3) is 0 Å². The Morgan fingerprint density at radius 3 is 3.15 bits per heavy atom. The molecule has 4 heteroatoms. The number of aliphatic hydroxyl groups excluding tert-OH is 1. The van der Waals surface area contributed by atoms with E-state index in [1.807, 2.05) is 29.3 Å². The third-order valence-electron chi connectivity index (χ3n) is 2.14. The third-order valence-corrected chi connectivity index (χ3v) is 4.38. The minimum absolute atomic E-state index is 0.294. The SMILES string of the molecule is OC(c1cccs1)C1CNCCS1. The molecule has 0 radical (unpaired) electrons. The van der Waals surface area contributed by atoms with Gasteiger partial charge in [0.25, 0.3) is 0 Å². The maximum absolute atomic E-state index is 9.98. The van der Waals surface area contributed by atoms with Crippen molar-refractivity contribution >= 4 is 23.1 Å². The molecule has 0 aromatic carbocycles. The van der Waals surface area contributed by atoms with E-state index in [1.54, 1.807) is 11.3 Å². The average molecular weight is 215 g/mol. The van der Waals surface area contributed by atoms with Gasteiger partial charge in [-0.05, 0) is 11.4 Å². The summed E-state index contributed by atoms with van der Waals surface area (Å²) in [5.74, 6) is 1.10. The highest BCUT2D eigenvalue weighted by Crippen LogP contribution is 2.30. The molecule has 0 bridgehead atoms. The first-order valence-electron chi connectivity index (χ1n) is 4.42. The van der Waals surface area contributed by atoms with E-state index in [4.69, 9.17) is 0 Å². The van der Waals surface area contributed by atoms with Crippen molar-refractivity contribution in [1.29, 1.82) is 0 Å². The molecule has 1 fully saturated rings. The number of rotatable bonds is 2. The highest BCUT2D eigenvalue weighted by atomic mass is 32.2. The van der Waals surface area contributed by atoms with E-state index in [0.717, 1.165) is 23.7 Å². The summed E-state index contributed by atoms with van der Waals surface area (Å²) in [6.45, 7) is 1.99. The normalized spacial score (nSPS) is 25.8. The van der Waals surface area contributed by atoms with Crippen LogP contribution in [0, 0.1) is 0 Å². The van der Waals surface area contributed by atoms with Crippen molar-refractivity contribution in [1.82, 2.24) is 5.32 Å². The summed E-state index contributed by atoms with van der Waals surface area (Å²) in [6, 6.07) is 3.99. The second-order valence-electron chi connectivity index (χ2n) is 3.07. The molecular weight excluding hydrogens is 202 g/mol. The second kappa shape index (κ2) is 4.46. The second-order valence-corrected chi connectivity index (χ2v) is 5.40. The number of thiophene rings is 1. The monoisotopic (exact) mass is 215 g/mol. The van der Waals surface area contributed by atoms with Crippen LogP contribution in [0.5, 0.6) is 0 Å². The third kappa shape index (κ3) is 2.26. The van der Waals surface area contributed by atoms with E-state index in [2.05, 4.69) is 5.32 Å². The van der Waals surface area contributed by atoms with Crippen molar-refractivity contribution in [3.8, 4) is 0 Å². The molecule has 0 amide bonds. The zero-order chi connectivity index (χ0) is 9.10. The molecule has 2 unspecified atom stereocenters. The van der Waals surface area contributed by atoms with Crippen molar-refractivity contribution in [3.63, 3.8) is 0 Å². The van der Waals surface area contributed by atoms with Gasteiger partial charge in [0.05, 0.1) is 0 Å². The van der Waals surface area contributed by atoms with Crippen LogP contribution < -0.4 is 5.32 Å². The first-order valence-corrected chi connectivity index (χ1v) is 6.34. The minimum atomic E-state index is -0.294. The Labute approximate surface area is 86.4 Å². The zero-order valence-electron chi connectivity index (χ0n) is 7.27. The summed E-state index contributed by atoms with van der Waals surface area (Å²) < 4.78 is 0. The fourth-order valence-electron chi connectivity index (χ4n) is 1.43. The van der Waals surface area contributed by atoms with E-state index in [9.17, 15) is 5.11 Å². The molecular formula is C9H13NOS2. The quantitative estimate of drug-likeness (QED) is 0.784. The van der Waals surface area contributed by atoms with Crippen LogP contribution in [-0.4, -0.2) is 29.2 Å². The Morgan fingerprint density at radius 2 is 2.54 bits per heavy atom. The highest BCUT2D eigenvalue weighted by Gasteiger charge is 2.23. The molecule has 2 nitrogen and oxygen atoms in total. The number of hydrogen-bond donors (Lipinski definition) is 2. The lowest BCUT2D eigenvalue weighted by Crippen LogP contribution is -2.36. The van der Waals surface area contributed by atoms with E-state index in [1.165, 1.54) is 0 Å². The summed E-state index contributed by atoms with van der Waals surface area (Å²) in [6.07, 6.45) is -0.294. The Kier molecular flexibility index (Phi) is 3.27. The number of hydrogen-bond acceptors (Lipinski definition) is 4. The smallest absolute Gasteiger partial charge is 0.101 e. The summed E-state index contributed by atoms with van der Waals surface area (Å²) in [7, 11) is 0. The molecule has 1 saturated heterocycles. The van der Waals surface area contributed by atoms with Crippen LogP contribution in [-0.2, 0) is 0 Å². The van der Waals surface area contributed by atoms with Gasteiger partial charge in [-0.2, -0.15) is 11.8 Å². The van der Waals surface area contributed by atoms with Gasteiger partial charge in [0, 0.05) is 29.0 Å². The first kappa shape index (κ1) is 9.52. The van der Waals surface area contributed by atoms with Crippen molar-refractivity contribution in [2.75, 3.05) is 18.8 Å². The average Bonchev–Trinajstić information content (AvgIpc) is 2.71. The maximum atomic E-state index is 9.98. The predicted octanol–water partition coefficient (Wildman–Crippen LogP) is 1.49. The molecule has 13 heavy (non-hydrogen) atoms. The van der Waals surface area contributed by atoms with Gasteiger partial charge in [-0.25, -0.2) is 0 Å². The van der Waals surface area contributed by atoms with Gasteiger partial charge >= 0.3 is 0 Å². The molecule has 2 rings (SSSR count). The molecule has 0 saturated carbocycles. The van der Waals surface area contributed by atoms with Gasteiger partial charge in [-0.15, -0.1) is 11.3 Å². The topological polar surface area (TPSA) is 32.3 Å². The molecule has 0 aliphatic carbocycles. The zero-order valence-corrected chi connectivity index (χ0v) is 8.90. The molecule has 1 aliphatic rings. The van der Waals surface area contributed by atoms with Crippen LogP contribution in [0.4, 0.5) is 0 Å². The molecule has 1 aliphatic heterocycles. The van der Waals surface area contributed by atoms with Gasteiger partial charge in [-0.3, -0.25) is 0 Å². The van der Waals surface area contributed by atoms with Gasteiger partial charge < -0.3 is 10.4 Å². The number of nitrogens with one attached hydrogen (secondary N) is 1. The van der Waals surface area contributed by atoms with E-state index in [0.29, 0.717) is 5.25 Å². The van der Waals surface area contributed by atoms with Crippen LogP contribution >= 0.6 is 23.1 Å². The molecule has 2 N–H and O–H groups in total. The van der Waals surface area contributed by atoms with Crippen LogP contribution in [0.1, 0.15) is 11.0 Å². The molecule has 1 aromatic rings. The fraction of sp³-hybridized carbons (Fsp3) is 0.556. The van der Waals surface area contributed by atoms with Crippen LogP contribution in [0.15, 0.2) is 17.5 Å². The Morgan fingerprint density at radius 1 is 1.62 bits per heavy atom. The van der Waals surface area contributed by atoms with E-state index in [-0.39, 0.29) is 6.10 Å².